The maximum absolute atomic E-state index is 10.5. The molecule has 2 fully saturated rings. The molecule has 0 spiro atoms. The van der Waals surface area contributed by atoms with E-state index in [-0.39, 0.29) is 12.2 Å². The highest BCUT2D eigenvalue weighted by Gasteiger charge is 2.29. The summed E-state index contributed by atoms with van der Waals surface area (Å²) in [5.41, 5.74) is 4.25. The van der Waals surface area contributed by atoms with Crippen LogP contribution in [-0.4, -0.2) is 71.6 Å². The Morgan fingerprint density at radius 3 is 1.30 bits per heavy atom. The summed E-state index contributed by atoms with van der Waals surface area (Å²) >= 11 is 11.8. The van der Waals surface area contributed by atoms with Gasteiger partial charge < -0.3 is 19.7 Å². The fourth-order valence-electron chi connectivity index (χ4n) is 5.56. The maximum atomic E-state index is 10.5. The summed E-state index contributed by atoms with van der Waals surface area (Å²) in [4.78, 5) is 4.64. The molecule has 2 saturated heterocycles. The van der Waals surface area contributed by atoms with E-state index in [2.05, 4.69) is 58.3 Å². The van der Waals surface area contributed by atoms with Crippen LogP contribution in [0.1, 0.15) is 34.5 Å². The maximum Gasteiger partial charge on any atom is 0.106 e. The number of rotatable bonds is 8. The van der Waals surface area contributed by atoms with E-state index < -0.39 is 12.2 Å². The van der Waals surface area contributed by atoms with Crippen LogP contribution in [0.25, 0.3) is 0 Å². The molecule has 0 saturated carbocycles. The molecule has 2 heterocycles. The Hall–Kier alpha value is -2.78. The average Bonchev–Trinajstić information content (AvgIpc) is 3.06. The summed E-state index contributed by atoms with van der Waals surface area (Å²) in [5, 5.41) is 22.4. The van der Waals surface area contributed by atoms with E-state index in [4.69, 9.17) is 32.7 Å². The number of ether oxygens (including phenoxy) is 2. The van der Waals surface area contributed by atoms with Gasteiger partial charge in [-0.3, -0.25) is 9.80 Å². The number of benzene rings is 4. The van der Waals surface area contributed by atoms with Gasteiger partial charge in [0.05, 0.1) is 13.2 Å². The smallest absolute Gasteiger partial charge is 0.106 e. The van der Waals surface area contributed by atoms with Gasteiger partial charge in [0.2, 0.25) is 0 Å². The lowest BCUT2D eigenvalue weighted by Gasteiger charge is -2.35. The predicted octanol–water partition coefficient (Wildman–Crippen LogP) is 6.55. The molecule has 4 atom stereocenters. The van der Waals surface area contributed by atoms with Crippen molar-refractivity contribution in [3.8, 4) is 0 Å². The molecule has 0 unspecified atom stereocenters. The van der Waals surface area contributed by atoms with E-state index in [1.165, 1.54) is 11.1 Å². The fourth-order valence-corrected chi connectivity index (χ4v) is 5.82. The minimum Gasteiger partial charge on any atom is -0.386 e. The molecule has 2 N–H and O–H groups in total. The van der Waals surface area contributed by atoms with Gasteiger partial charge in [-0.25, -0.2) is 0 Å². The van der Waals surface area contributed by atoms with Crippen LogP contribution in [0.5, 0.6) is 0 Å². The third-order valence-corrected chi connectivity index (χ3v) is 8.48. The lowest BCUT2D eigenvalue weighted by atomic mass is 10.0. The molecule has 44 heavy (non-hydrogen) atoms. The lowest BCUT2D eigenvalue weighted by Crippen LogP contribution is -2.44. The topological polar surface area (TPSA) is 65.4 Å². The molecule has 0 radical (unpaired) electrons. The van der Waals surface area contributed by atoms with E-state index in [1.807, 2.05) is 36.4 Å². The Bertz CT molecular complexity index is 1280. The Morgan fingerprint density at radius 1 is 0.568 bits per heavy atom. The summed E-state index contributed by atoms with van der Waals surface area (Å²) in [7, 11) is 0. The van der Waals surface area contributed by atoms with Gasteiger partial charge in [-0.2, -0.15) is 0 Å². The van der Waals surface area contributed by atoms with E-state index in [0.29, 0.717) is 23.3 Å². The third kappa shape index (κ3) is 9.61. The van der Waals surface area contributed by atoms with Gasteiger partial charge in [-0.15, -0.1) is 0 Å². The van der Waals surface area contributed by atoms with Crippen LogP contribution in [0.4, 0.5) is 0 Å². The highest BCUT2D eigenvalue weighted by Crippen LogP contribution is 2.26. The van der Waals surface area contributed by atoms with Gasteiger partial charge in [0.15, 0.2) is 0 Å². The summed E-state index contributed by atoms with van der Waals surface area (Å²) < 4.78 is 11.5. The van der Waals surface area contributed by atoms with Crippen LogP contribution in [0.3, 0.4) is 0 Å². The van der Waals surface area contributed by atoms with Gasteiger partial charge in [0, 0.05) is 49.3 Å². The van der Waals surface area contributed by atoms with Gasteiger partial charge in [-0.1, -0.05) is 108 Å². The van der Waals surface area contributed by atoms with Crippen LogP contribution >= 0.6 is 23.2 Å². The Morgan fingerprint density at radius 2 is 0.932 bits per heavy atom. The molecule has 0 bridgehead atoms. The average molecular weight is 636 g/mol. The quantitative estimate of drug-likeness (QED) is 0.229. The van der Waals surface area contributed by atoms with Crippen molar-refractivity contribution >= 4 is 23.2 Å². The van der Waals surface area contributed by atoms with Gasteiger partial charge >= 0.3 is 0 Å². The molecule has 6 nitrogen and oxygen atoms in total. The SMILES string of the molecule is O[C@@H](c1ccc(Cl)cc1)[C@@H]1CN(Cc2ccccc2)CCO1.O[C@H](c1ccc(Cl)cc1)[C@H]1CN(Cc2ccccc2)CCO1. The molecule has 8 heteroatoms. The van der Waals surface area contributed by atoms with Crippen LogP contribution in [0.2, 0.25) is 10.0 Å². The Balaban J connectivity index is 0.000000175. The lowest BCUT2D eigenvalue weighted by molar-refractivity contribution is -0.0918. The van der Waals surface area contributed by atoms with Crippen LogP contribution in [0.15, 0.2) is 109 Å². The van der Waals surface area contributed by atoms with Crippen molar-refractivity contribution in [1.82, 2.24) is 9.80 Å². The second kappa shape index (κ2) is 16.5. The fraction of sp³-hybridized carbons (Fsp3) is 0.333. The highest BCUT2D eigenvalue weighted by molar-refractivity contribution is 6.30. The van der Waals surface area contributed by atoms with Crippen LogP contribution < -0.4 is 0 Å². The molecule has 0 aromatic heterocycles. The van der Waals surface area contributed by atoms with Gasteiger partial charge in [0.1, 0.15) is 24.4 Å². The first kappa shape index (κ1) is 32.6. The van der Waals surface area contributed by atoms with E-state index in [1.54, 1.807) is 24.3 Å². The molecule has 2 aliphatic rings. The van der Waals surface area contributed by atoms with Crippen molar-refractivity contribution in [3.05, 3.63) is 141 Å². The highest BCUT2D eigenvalue weighted by atomic mass is 35.5. The molecule has 2 aliphatic heterocycles. The zero-order chi connectivity index (χ0) is 30.7. The molecular formula is C36H40Cl2N2O4. The van der Waals surface area contributed by atoms with Gasteiger partial charge in [0.25, 0.3) is 0 Å². The molecule has 0 amide bonds. The molecular weight excluding hydrogens is 595 g/mol. The monoisotopic (exact) mass is 634 g/mol. The molecule has 232 valence electrons. The number of aliphatic hydroxyl groups excluding tert-OH is 2. The zero-order valence-electron chi connectivity index (χ0n) is 24.7. The zero-order valence-corrected chi connectivity index (χ0v) is 26.2. The summed E-state index contributed by atoms with van der Waals surface area (Å²) in [6, 6.07) is 35.4. The van der Waals surface area contributed by atoms with Crippen molar-refractivity contribution < 1.29 is 19.7 Å². The number of hydrogen-bond donors (Lipinski definition) is 2. The van der Waals surface area contributed by atoms with Crippen LogP contribution in [-0.2, 0) is 22.6 Å². The first-order valence-electron chi connectivity index (χ1n) is 15.1. The first-order valence-corrected chi connectivity index (χ1v) is 15.8. The largest absolute Gasteiger partial charge is 0.386 e. The van der Waals surface area contributed by atoms with Crippen molar-refractivity contribution in [2.75, 3.05) is 39.4 Å². The van der Waals surface area contributed by atoms with Crippen molar-refractivity contribution in [2.45, 2.75) is 37.5 Å². The second-order valence-corrected chi connectivity index (χ2v) is 12.1. The first-order chi connectivity index (χ1) is 21.4. The normalized spacial score (nSPS) is 20.7. The molecule has 6 rings (SSSR count). The summed E-state index contributed by atoms with van der Waals surface area (Å²) in [6.45, 7) is 6.27. The minimum atomic E-state index is -0.629. The van der Waals surface area contributed by atoms with E-state index >= 15 is 0 Å². The second-order valence-electron chi connectivity index (χ2n) is 11.3. The Kier molecular flexibility index (Phi) is 12.2. The predicted molar refractivity (Wildman–Crippen MR) is 176 cm³/mol. The third-order valence-electron chi connectivity index (χ3n) is 7.98. The Labute approximate surface area is 270 Å². The van der Waals surface area contributed by atoms with Crippen molar-refractivity contribution in [3.63, 3.8) is 0 Å². The number of halogens is 2. The number of morpholine rings is 2. The van der Waals surface area contributed by atoms with Crippen molar-refractivity contribution in [2.24, 2.45) is 0 Å². The molecule has 0 aliphatic carbocycles. The number of nitrogens with zero attached hydrogens (tertiary/aromatic N) is 2. The summed E-state index contributed by atoms with van der Waals surface area (Å²) in [5.74, 6) is 0. The van der Waals surface area contributed by atoms with Gasteiger partial charge in [-0.05, 0) is 46.5 Å². The van der Waals surface area contributed by atoms with Crippen molar-refractivity contribution in [1.29, 1.82) is 0 Å². The minimum absolute atomic E-state index is 0.210. The van der Waals surface area contributed by atoms with E-state index in [9.17, 15) is 10.2 Å². The standard InChI is InChI=1S/2C18H20ClNO2/c2*19-16-8-6-15(7-9-16)18(21)17-13-20(10-11-22-17)12-14-4-2-1-3-5-14/h2*1-9,17-18,21H,10-13H2/t2*17-,18-/m10/s1. The number of hydrogen-bond acceptors (Lipinski definition) is 6. The van der Waals surface area contributed by atoms with E-state index in [0.717, 1.165) is 50.4 Å². The molecule has 4 aromatic rings. The summed E-state index contributed by atoms with van der Waals surface area (Å²) in [6.07, 6.45) is -1.68. The van der Waals surface area contributed by atoms with Crippen LogP contribution in [0, 0.1) is 0 Å². The molecule has 4 aromatic carbocycles. The number of aliphatic hydroxyl groups is 2.